The van der Waals surface area contributed by atoms with Crippen LogP contribution in [0.5, 0.6) is 5.75 Å². The van der Waals surface area contributed by atoms with Gasteiger partial charge in [0.05, 0.1) is 5.56 Å². The first kappa shape index (κ1) is 13.8. The summed E-state index contributed by atoms with van der Waals surface area (Å²) < 4.78 is 6.50. The smallest absolute Gasteiger partial charge is 0.173 e. The molecule has 1 aromatic carbocycles. The van der Waals surface area contributed by atoms with E-state index in [1.165, 1.54) is 11.3 Å². The number of aromatic nitrogens is 1. The van der Waals surface area contributed by atoms with Crippen molar-refractivity contribution in [3.8, 4) is 5.75 Å². The lowest BCUT2D eigenvalue weighted by Gasteiger charge is -2.09. The number of ether oxygens (including phenoxy) is 1. The predicted octanol–water partition coefficient (Wildman–Crippen LogP) is 2.89. The van der Waals surface area contributed by atoms with Gasteiger partial charge in [-0.15, -0.1) is 11.3 Å². The number of aryl methyl sites for hydroxylation is 1. The maximum Gasteiger partial charge on any atom is 0.173 e. The molecule has 7 heteroatoms. The molecule has 0 unspecified atom stereocenters. The van der Waals surface area contributed by atoms with Crippen molar-refractivity contribution in [1.82, 2.24) is 4.98 Å². The van der Waals surface area contributed by atoms with Gasteiger partial charge in [-0.3, -0.25) is 0 Å². The number of nitrogens with two attached hydrogens (primary N) is 1. The van der Waals surface area contributed by atoms with Gasteiger partial charge in [-0.25, -0.2) is 4.98 Å². The van der Waals surface area contributed by atoms with Crippen molar-refractivity contribution in [3.63, 3.8) is 0 Å². The molecule has 0 bridgehead atoms. The van der Waals surface area contributed by atoms with Crippen LogP contribution >= 0.6 is 27.3 Å². The van der Waals surface area contributed by atoms with E-state index in [0.717, 1.165) is 15.2 Å². The first-order valence-corrected chi connectivity index (χ1v) is 7.08. The van der Waals surface area contributed by atoms with Gasteiger partial charge in [0, 0.05) is 15.5 Å². The van der Waals surface area contributed by atoms with E-state index in [1.807, 2.05) is 18.4 Å². The van der Waals surface area contributed by atoms with Gasteiger partial charge in [-0.2, -0.15) is 0 Å². The second-order valence-electron chi connectivity index (χ2n) is 3.80. The number of hydrogen-bond donors (Lipinski definition) is 2. The Hall–Kier alpha value is -1.60. The normalized spacial score (nSPS) is 11.6. The van der Waals surface area contributed by atoms with Crippen LogP contribution in [-0.4, -0.2) is 16.0 Å². The third-order valence-electron chi connectivity index (χ3n) is 2.34. The molecule has 0 spiro atoms. The lowest BCUT2D eigenvalue weighted by molar-refractivity contribution is 0.302. The molecule has 19 heavy (non-hydrogen) atoms. The van der Waals surface area contributed by atoms with Crippen molar-refractivity contribution in [2.24, 2.45) is 10.9 Å². The molecule has 0 saturated carbocycles. The lowest BCUT2D eigenvalue weighted by atomic mass is 10.2. The molecule has 0 atom stereocenters. The Morgan fingerprint density at radius 1 is 1.58 bits per heavy atom. The molecule has 0 fully saturated rings. The Morgan fingerprint density at radius 2 is 2.37 bits per heavy atom. The second-order valence-corrected chi connectivity index (χ2v) is 5.66. The summed E-state index contributed by atoms with van der Waals surface area (Å²) in [5, 5.41) is 14.6. The van der Waals surface area contributed by atoms with Gasteiger partial charge in [0.15, 0.2) is 5.84 Å². The van der Waals surface area contributed by atoms with E-state index in [4.69, 9.17) is 15.7 Å². The van der Waals surface area contributed by atoms with Crippen LogP contribution in [0.4, 0.5) is 0 Å². The molecule has 1 aromatic heterocycles. The maximum atomic E-state index is 8.77. The highest BCUT2D eigenvalue weighted by atomic mass is 79.9. The van der Waals surface area contributed by atoms with Crippen LogP contribution in [0.15, 0.2) is 33.2 Å². The molecule has 0 aliphatic carbocycles. The highest BCUT2D eigenvalue weighted by Crippen LogP contribution is 2.24. The van der Waals surface area contributed by atoms with Crippen LogP contribution in [0.25, 0.3) is 0 Å². The number of rotatable bonds is 4. The number of amidine groups is 1. The van der Waals surface area contributed by atoms with Crippen molar-refractivity contribution in [1.29, 1.82) is 0 Å². The van der Waals surface area contributed by atoms with E-state index in [-0.39, 0.29) is 5.84 Å². The summed E-state index contributed by atoms with van der Waals surface area (Å²) in [4.78, 5) is 4.31. The summed E-state index contributed by atoms with van der Waals surface area (Å²) in [5.41, 5.74) is 7.12. The molecular formula is C12H12BrN3O2S. The topological polar surface area (TPSA) is 80.7 Å². The van der Waals surface area contributed by atoms with Gasteiger partial charge in [0.25, 0.3) is 0 Å². The second kappa shape index (κ2) is 6.03. The lowest BCUT2D eigenvalue weighted by Crippen LogP contribution is -2.15. The molecule has 0 aliphatic heterocycles. The van der Waals surface area contributed by atoms with Gasteiger partial charge in [-0.1, -0.05) is 21.1 Å². The minimum Gasteiger partial charge on any atom is -0.486 e. The molecule has 0 amide bonds. The Bertz CT molecular complexity index is 613. The molecule has 0 radical (unpaired) electrons. The van der Waals surface area contributed by atoms with Crippen LogP contribution in [0.1, 0.15) is 16.3 Å². The number of halogens is 1. The zero-order valence-corrected chi connectivity index (χ0v) is 12.5. The number of benzene rings is 1. The van der Waals surface area contributed by atoms with Crippen LogP contribution in [-0.2, 0) is 6.61 Å². The standard InChI is InChI=1S/C12H12BrN3O2S/c1-7-6-19-11(15-7)5-18-10-3-2-8(13)4-9(10)12(14)16-17/h2-4,6,17H,5H2,1H3,(H2,14,16). The van der Waals surface area contributed by atoms with Crippen LogP contribution in [0, 0.1) is 6.92 Å². The van der Waals surface area contributed by atoms with Gasteiger partial charge < -0.3 is 15.7 Å². The fourth-order valence-corrected chi connectivity index (χ4v) is 2.53. The molecule has 2 aromatic rings. The number of thiazole rings is 1. The summed E-state index contributed by atoms with van der Waals surface area (Å²) in [6.45, 7) is 2.29. The fraction of sp³-hybridized carbons (Fsp3) is 0.167. The van der Waals surface area contributed by atoms with Crippen molar-refractivity contribution in [2.75, 3.05) is 0 Å². The largest absolute Gasteiger partial charge is 0.486 e. The Kier molecular flexibility index (Phi) is 4.39. The summed E-state index contributed by atoms with van der Waals surface area (Å²) in [7, 11) is 0. The van der Waals surface area contributed by atoms with E-state index in [1.54, 1.807) is 12.1 Å². The maximum absolute atomic E-state index is 8.77. The fourth-order valence-electron chi connectivity index (χ4n) is 1.49. The van der Waals surface area contributed by atoms with E-state index in [9.17, 15) is 0 Å². The number of hydrogen-bond acceptors (Lipinski definition) is 5. The zero-order chi connectivity index (χ0) is 13.8. The number of nitrogens with zero attached hydrogens (tertiary/aromatic N) is 2. The molecule has 2 rings (SSSR count). The Labute approximate surface area is 122 Å². The van der Waals surface area contributed by atoms with Crippen molar-refractivity contribution in [2.45, 2.75) is 13.5 Å². The van der Waals surface area contributed by atoms with Gasteiger partial charge >= 0.3 is 0 Å². The van der Waals surface area contributed by atoms with E-state index < -0.39 is 0 Å². The van der Waals surface area contributed by atoms with Gasteiger partial charge in [-0.05, 0) is 25.1 Å². The average molecular weight is 342 g/mol. The van der Waals surface area contributed by atoms with Gasteiger partial charge in [0.2, 0.25) is 0 Å². The SMILES string of the molecule is Cc1csc(COc2ccc(Br)cc2/C(N)=N/O)n1. The highest BCUT2D eigenvalue weighted by Gasteiger charge is 2.10. The summed E-state index contributed by atoms with van der Waals surface area (Å²) in [6.07, 6.45) is 0. The van der Waals surface area contributed by atoms with Crippen LogP contribution in [0.3, 0.4) is 0 Å². The Morgan fingerprint density at radius 3 is 3.00 bits per heavy atom. The Balaban J connectivity index is 2.20. The highest BCUT2D eigenvalue weighted by molar-refractivity contribution is 9.10. The van der Waals surface area contributed by atoms with E-state index in [2.05, 4.69) is 26.1 Å². The molecule has 0 saturated heterocycles. The quantitative estimate of drug-likeness (QED) is 0.387. The van der Waals surface area contributed by atoms with Crippen molar-refractivity contribution in [3.05, 3.63) is 44.3 Å². The molecule has 5 nitrogen and oxygen atoms in total. The molecule has 1 heterocycles. The average Bonchev–Trinajstić information content (AvgIpc) is 2.82. The van der Waals surface area contributed by atoms with E-state index in [0.29, 0.717) is 17.9 Å². The van der Waals surface area contributed by atoms with Crippen LogP contribution in [0.2, 0.25) is 0 Å². The minimum atomic E-state index is 0.00613. The summed E-state index contributed by atoms with van der Waals surface area (Å²) in [6, 6.07) is 5.33. The molecular weight excluding hydrogens is 330 g/mol. The van der Waals surface area contributed by atoms with Crippen molar-refractivity contribution >= 4 is 33.1 Å². The third kappa shape index (κ3) is 3.45. The predicted molar refractivity (Wildman–Crippen MR) is 77.8 cm³/mol. The zero-order valence-electron chi connectivity index (χ0n) is 10.1. The van der Waals surface area contributed by atoms with Gasteiger partial charge in [0.1, 0.15) is 17.4 Å². The monoisotopic (exact) mass is 341 g/mol. The van der Waals surface area contributed by atoms with Crippen LogP contribution < -0.4 is 10.5 Å². The van der Waals surface area contributed by atoms with E-state index >= 15 is 0 Å². The first-order chi connectivity index (χ1) is 9.10. The molecule has 3 N–H and O–H groups in total. The summed E-state index contributed by atoms with van der Waals surface area (Å²) in [5.74, 6) is 0.554. The third-order valence-corrected chi connectivity index (χ3v) is 3.78. The van der Waals surface area contributed by atoms with Crippen molar-refractivity contribution < 1.29 is 9.94 Å². The number of oxime groups is 1. The first-order valence-electron chi connectivity index (χ1n) is 5.41. The minimum absolute atomic E-state index is 0.00613. The molecule has 100 valence electrons. The summed E-state index contributed by atoms with van der Waals surface area (Å²) >= 11 is 4.87. The molecule has 0 aliphatic rings.